The number of thiazole rings is 1. The molecule has 0 spiro atoms. The summed E-state index contributed by atoms with van der Waals surface area (Å²) >= 11 is 1.13. The van der Waals surface area contributed by atoms with E-state index in [4.69, 9.17) is 4.74 Å². The van der Waals surface area contributed by atoms with Gasteiger partial charge in [0.1, 0.15) is 23.5 Å². The SMILES string of the molecule is O=C1CCC(N2Cc3ccc(CNC(=O)OCc4nc5cccc(F)c5s4)cc3C2=O)C(=O)N1. The normalized spacial score (nSPS) is 17.6. The summed E-state index contributed by atoms with van der Waals surface area (Å²) in [4.78, 5) is 54.3. The van der Waals surface area contributed by atoms with Crippen molar-refractivity contribution in [1.82, 2.24) is 20.5 Å². The number of nitrogens with one attached hydrogen (secondary N) is 2. The predicted octanol–water partition coefficient (Wildman–Crippen LogP) is 2.62. The number of benzene rings is 2. The summed E-state index contributed by atoms with van der Waals surface area (Å²) in [5.74, 6) is -1.44. The number of amides is 4. The smallest absolute Gasteiger partial charge is 0.407 e. The van der Waals surface area contributed by atoms with Crippen LogP contribution in [0.25, 0.3) is 10.2 Å². The Morgan fingerprint density at radius 1 is 1.26 bits per heavy atom. The number of fused-ring (bicyclic) bond motifs is 2. The van der Waals surface area contributed by atoms with Crippen molar-refractivity contribution in [2.24, 2.45) is 0 Å². The van der Waals surface area contributed by atoms with E-state index in [9.17, 15) is 23.6 Å². The molecule has 9 nitrogen and oxygen atoms in total. The van der Waals surface area contributed by atoms with E-state index in [1.165, 1.54) is 11.0 Å². The van der Waals surface area contributed by atoms with Crippen molar-refractivity contribution >= 4 is 45.4 Å². The first-order chi connectivity index (χ1) is 16.4. The van der Waals surface area contributed by atoms with Gasteiger partial charge in [-0.3, -0.25) is 19.7 Å². The summed E-state index contributed by atoms with van der Waals surface area (Å²) in [6, 6.07) is 9.19. The third-order valence-corrected chi connectivity index (χ3v) is 6.82. The molecule has 2 aromatic carbocycles. The van der Waals surface area contributed by atoms with E-state index in [0.29, 0.717) is 39.3 Å². The average molecular weight is 482 g/mol. The molecule has 0 radical (unpaired) electrons. The third-order valence-electron chi connectivity index (χ3n) is 5.77. The molecule has 1 unspecified atom stereocenters. The fourth-order valence-corrected chi connectivity index (χ4v) is 4.97. The molecule has 1 aromatic heterocycles. The standard InChI is InChI=1S/C23H19FN4O5S/c24-15-2-1-3-16-20(15)34-19(26-16)11-33-23(32)25-9-12-4-5-13-10-28(22(31)14(13)8-12)17-6-7-18(29)27-21(17)30/h1-5,8,17H,6-7,9-11H2,(H,25,32)(H,27,29,30). The van der Waals surface area contributed by atoms with Gasteiger partial charge in [0, 0.05) is 25.1 Å². The van der Waals surface area contributed by atoms with Gasteiger partial charge in [-0.05, 0) is 35.7 Å². The lowest BCUT2D eigenvalue weighted by molar-refractivity contribution is -0.136. The molecule has 34 heavy (non-hydrogen) atoms. The highest BCUT2D eigenvalue weighted by Gasteiger charge is 2.39. The highest BCUT2D eigenvalue weighted by Crippen LogP contribution is 2.28. The molecule has 3 heterocycles. The van der Waals surface area contributed by atoms with Crippen LogP contribution in [0.1, 0.15) is 39.3 Å². The van der Waals surface area contributed by atoms with Crippen LogP contribution in [0, 0.1) is 5.82 Å². The van der Waals surface area contributed by atoms with Crippen molar-refractivity contribution in [2.45, 2.75) is 38.6 Å². The van der Waals surface area contributed by atoms with Gasteiger partial charge in [-0.2, -0.15) is 0 Å². The highest BCUT2D eigenvalue weighted by atomic mass is 32.1. The number of rotatable bonds is 5. The van der Waals surface area contributed by atoms with Crippen LogP contribution in [0.3, 0.4) is 0 Å². The van der Waals surface area contributed by atoms with E-state index in [2.05, 4.69) is 15.6 Å². The fraction of sp³-hybridized carbons (Fsp3) is 0.261. The Balaban J connectivity index is 1.17. The number of carbonyl (C=O) groups excluding carboxylic acids is 4. The maximum Gasteiger partial charge on any atom is 0.407 e. The summed E-state index contributed by atoms with van der Waals surface area (Å²) < 4.78 is 19.4. The summed E-state index contributed by atoms with van der Waals surface area (Å²) in [5, 5.41) is 5.38. The molecular formula is C23H19FN4O5S. The van der Waals surface area contributed by atoms with Crippen LogP contribution in [0.4, 0.5) is 9.18 Å². The summed E-state index contributed by atoms with van der Waals surface area (Å²) in [6.07, 6.45) is -0.178. The van der Waals surface area contributed by atoms with Crippen LogP contribution >= 0.6 is 11.3 Å². The molecular weight excluding hydrogens is 463 g/mol. The first kappa shape index (κ1) is 22.0. The number of aromatic nitrogens is 1. The number of alkyl carbamates (subject to hydrolysis) is 1. The molecule has 11 heteroatoms. The van der Waals surface area contributed by atoms with Gasteiger partial charge in [0.15, 0.2) is 0 Å². The second-order valence-corrected chi connectivity index (χ2v) is 9.10. The van der Waals surface area contributed by atoms with Gasteiger partial charge in [-0.25, -0.2) is 14.2 Å². The van der Waals surface area contributed by atoms with E-state index in [-0.39, 0.29) is 37.2 Å². The number of nitrogens with zero attached hydrogens (tertiary/aromatic N) is 2. The summed E-state index contributed by atoms with van der Waals surface area (Å²) in [5.41, 5.74) is 2.45. The number of ether oxygens (including phenoxy) is 1. The lowest BCUT2D eigenvalue weighted by Gasteiger charge is -2.29. The molecule has 0 bridgehead atoms. The quantitative estimate of drug-likeness (QED) is 0.540. The lowest BCUT2D eigenvalue weighted by atomic mass is 10.0. The summed E-state index contributed by atoms with van der Waals surface area (Å²) in [6.45, 7) is 0.333. The molecule has 4 amide bonds. The van der Waals surface area contributed by atoms with E-state index in [0.717, 1.165) is 16.9 Å². The zero-order valence-electron chi connectivity index (χ0n) is 17.8. The molecule has 2 aliphatic rings. The van der Waals surface area contributed by atoms with E-state index in [1.54, 1.807) is 30.3 Å². The van der Waals surface area contributed by atoms with Crippen molar-refractivity contribution < 1.29 is 28.3 Å². The average Bonchev–Trinajstić information content (AvgIpc) is 3.38. The Hall–Kier alpha value is -3.86. The number of piperidine rings is 1. The Labute approximate surface area is 196 Å². The molecule has 2 aliphatic heterocycles. The monoisotopic (exact) mass is 482 g/mol. The van der Waals surface area contributed by atoms with Gasteiger partial charge in [-0.15, -0.1) is 11.3 Å². The molecule has 1 saturated heterocycles. The van der Waals surface area contributed by atoms with Gasteiger partial charge < -0.3 is 15.0 Å². The molecule has 1 fully saturated rings. The van der Waals surface area contributed by atoms with E-state index < -0.39 is 18.0 Å². The van der Waals surface area contributed by atoms with E-state index >= 15 is 0 Å². The topological polar surface area (TPSA) is 118 Å². The van der Waals surface area contributed by atoms with Gasteiger partial charge in [-0.1, -0.05) is 18.2 Å². The van der Waals surface area contributed by atoms with Crippen molar-refractivity contribution in [3.05, 3.63) is 63.9 Å². The Morgan fingerprint density at radius 3 is 2.91 bits per heavy atom. The van der Waals surface area contributed by atoms with Crippen molar-refractivity contribution in [1.29, 1.82) is 0 Å². The third kappa shape index (κ3) is 4.21. The van der Waals surface area contributed by atoms with E-state index in [1.807, 2.05) is 0 Å². The van der Waals surface area contributed by atoms with Gasteiger partial charge in [0.2, 0.25) is 11.8 Å². The number of carbonyl (C=O) groups is 4. The molecule has 3 aromatic rings. The molecule has 174 valence electrons. The van der Waals surface area contributed by atoms with Gasteiger partial charge in [0.05, 0.1) is 10.2 Å². The van der Waals surface area contributed by atoms with Crippen molar-refractivity contribution in [3.63, 3.8) is 0 Å². The van der Waals surface area contributed by atoms with Crippen LogP contribution in [-0.4, -0.2) is 39.7 Å². The Bertz CT molecular complexity index is 1340. The lowest BCUT2D eigenvalue weighted by Crippen LogP contribution is -2.52. The Morgan fingerprint density at radius 2 is 2.12 bits per heavy atom. The number of hydrogen-bond donors (Lipinski definition) is 2. The maximum atomic E-state index is 13.8. The number of hydrogen-bond acceptors (Lipinski definition) is 7. The second kappa shape index (κ2) is 8.82. The zero-order valence-corrected chi connectivity index (χ0v) is 18.6. The summed E-state index contributed by atoms with van der Waals surface area (Å²) in [7, 11) is 0. The van der Waals surface area contributed by atoms with Crippen LogP contribution in [-0.2, 0) is 34.0 Å². The molecule has 0 saturated carbocycles. The first-order valence-corrected chi connectivity index (χ1v) is 11.4. The maximum absolute atomic E-state index is 13.8. The number of imide groups is 1. The minimum absolute atomic E-state index is 0.0891. The predicted molar refractivity (Wildman–Crippen MR) is 119 cm³/mol. The molecule has 0 aliphatic carbocycles. The molecule has 5 rings (SSSR count). The van der Waals surface area contributed by atoms with Crippen LogP contribution in [0.5, 0.6) is 0 Å². The molecule has 2 N–H and O–H groups in total. The van der Waals surface area contributed by atoms with Crippen LogP contribution in [0.2, 0.25) is 0 Å². The number of halogens is 1. The van der Waals surface area contributed by atoms with Crippen LogP contribution < -0.4 is 10.6 Å². The van der Waals surface area contributed by atoms with Crippen LogP contribution in [0.15, 0.2) is 36.4 Å². The fourth-order valence-electron chi connectivity index (χ4n) is 4.09. The minimum atomic E-state index is -0.676. The second-order valence-electron chi connectivity index (χ2n) is 8.02. The molecule has 1 atom stereocenters. The first-order valence-electron chi connectivity index (χ1n) is 10.6. The highest BCUT2D eigenvalue weighted by molar-refractivity contribution is 7.18. The van der Waals surface area contributed by atoms with Gasteiger partial charge in [0.25, 0.3) is 5.91 Å². The minimum Gasteiger partial charge on any atom is -0.442 e. The van der Waals surface area contributed by atoms with Gasteiger partial charge >= 0.3 is 6.09 Å². The zero-order chi connectivity index (χ0) is 23.8. The van der Waals surface area contributed by atoms with Crippen molar-refractivity contribution in [3.8, 4) is 0 Å². The Kier molecular flexibility index (Phi) is 5.70. The largest absolute Gasteiger partial charge is 0.442 e. The van der Waals surface area contributed by atoms with Crippen molar-refractivity contribution in [2.75, 3.05) is 0 Å².